The number of nitrogens with one attached hydrogen (secondary N) is 2. The Morgan fingerprint density at radius 3 is 2.70 bits per heavy atom. The van der Waals surface area contributed by atoms with E-state index in [1.165, 1.54) is 4.90 Å². The van der Waals surface area contributed by atoms with Crippen molar-refractivity contribution in [1.82, 2.24) is 15.2 Å². The summed E-state index contributed by atoms with van der Waals surface area (Å²) in [5.41, 5.74) is 1.07. The van der Waals surface area contributed by atoms with Crippen LogP contribution in [0.1, 0.15) is 30.3 Å². The van der Waals surface area contributed by atoms with Crippen molar-refractivity contribution in [3.63, 3.8) is 0 Å². The molecule has 20 heavy (non-hydrogen) atoms. The van der Waals surface area contributed by atoms with Crippen LogP contribution in [0.3, 0.4) is 0 Å². The molecule has 0 aliphatic heterocycles. The fourth-order valence-corrected chi connectivity index (χ4v) is 1.74. The van der Waals surface area contributed by atoms with E-state index in [0.717, 1.165) is 12.8 Å². The highest BCUT2D eigenvalue weighted by atomic mass is 16.2. The highest BCUT2D eigenvalue weighted by Gasteiger charge is 2.25. The quantitative estimate of drug-likeness (QED) is 0.836. The van der Waals surface area contributed by atoms with Crippen molar-refractivity contribution in [2.75, 3.05) is 19.4 Å². The highest BCUT2D eigenvalue weighted by Crippen LogP contribution is 2.19. The van der Waals surface area contributed by atoms with E-state index in [9.17, 15) is 9.59 Å². The Morgan fingerprint density at radius 2 is 2.10 bits per heavy atom. The van der Waals surface area contributed by atoms with E-state index in [1.54, 1.807) is 39.3 Å². The summed E-state index contributed by atoms with van der Waals surface area (Å²) in [5, 5.41) is 6.02. The van der Waals surface area contributed by atoms with E-state index < -0.39 is 0 Å². The number of hydrogen-bond acceptors (Lipinski definition) is 4. The molecule has 2 N–H and O–H groups in total. The second-order valence-electron chi connectivity index (χ2n) is 5.28. The Kier molecular flexibility index (Phi) is 4.22. The lowest BCUT2D eigenvalue weighted by Crippen LogP contribution is -2.38. The molecule has 1 aliphatic rings. The van der Waals surface area contributed by atoms with Crippen molar-refractivity contribution in [2.24, 2.45) is 0 Å². The van der Waals surface area contributed by atoms with Gasteiger partial charge in [0.25, 0.3) is 5.91 Å². The number of rotatable bonds is 5. The molecule has 1 aromatic rings. The van der Waals surface area contributed by atoms with Crippen molar-refractivity contribution in [3.05, 3.63) is 24.0 Å². The van der Waals surface area contributed by atoms with Crippen LogP contribution in [0.25, 0.3) is 0 Å². The number of nitrogens with zero attached hydrogens (tertiary/aromatic N) is 2. The molecule has 2 amide bonds. The van der Waals surface area contributed by atoms with Crippen LogP contribution in [-0.4, -0.2) is 47.9 Å². The maximum Gasteiger partial charge on any atom is 0.272 e. The van der Waals surface area contributed by atoms with E-state index in [4.69, 9.17) is 0 Å². The Labute approximate surface area is 118 Å². The first-order valence-electron chi connectivity index (χ1n) is 6.72. The minimum absolute atomic E-state index is 0.0233. The van der Waals surface area contributed by atoms with Crippen molar-refractivity contribution in [2.45, 2.75) is 31.8 Å². The molecular formula is C14H20N4O2. The van der Waals surface area contributed by atoms with Crippen LogP contribution in [0.4, 0.5) is 5.69 Å². The Hall–Kier alpha value is -2.11. The number of aromatic nitrogens is 1. The van der Waals surface area contributed by atoms with Gasteiger partial charge in [0.15, 0.2) is 0 Å². The number of amides is 2. The lowest BCUT2D eigenvalue weighted by molar-refractivity contribution is -0.121. The third kappa shape index (κ3) is 3.69. The molecule has 1 atom stereocenters. The number of pyridine rings is 1. The Morgan fingerprint density at radius 1 is 1.40 bits per heavy atom. The predicted molar refractivity (Wildman–Crippen MR) is 76.5 cm³/mol. The number of hydrogen-bond donors (Lipinski definition) is 2. The minimum Gasteiger partial charge on any atom is -0.374 e. The van der Waals surface area contributed by atoms with Crippen LogP contribution in [0.5, 0.6) is 0 Å². The van der Waals surface area contributed by atoms with E-state index in [0.29, 0.717) is 17.4 Å². The molecule has 6 nitrogen and oxygen atoms in total. The summed E-state index contributed by atoms with van der Waals surface area (Å²) in [6, 6.07) is 3.40. The maximum atomic E-state index is 11.9. The molecule has 0 bridgehead atoms. The second kappa shape index (κ2) is 5.90. The number of anilines is 1. The van der Waals surface area contributed by atoms with Gasteiger partial charge < -0.3 is 15.5 Å². The minimum atomic E-state index is -0.347. The summed E-state index contributed by atoms with van der Waals surface area (Å²) < 4.78 is 0. The molecule has 1 fully saturated rings. The molecule has 0 aromatic carbocycles. The summed E-state index contributed by atoms with van der Waals surface area (Å²) in [6.45, 7) is 1.80. The fraction of sp³-hybridized carbons (Fsp3) is 0.500. The summed E-state index contributed by atoms with van der Waals surface area (Å²) in [6.07, 6.45) is 3.69. The SMILES string of the molecule is CC(Nc1ccnc(C(=O)N(C)C)c1)C(=O)NC1CC1. The smallest absolute Gasteiger partial charge is 0.272 e. The van der Waals surface area contributed by atoms with Gasteiger partial charge in [0, 0.05) is 32.0 Å². The monoisotopic (exact) mass is 276 g/mol. The van der Waals surface area contributed by atoms with Gasteiger partial charge in [-0.1, -0.05) is 0 Å². The van der Waals surface area contributed by atoms with Gasteiger partial charge in [-0.3, -0.25) is 14.6 Å². The first kappa shape index (κ1) is 14.3. The zero-order chi connectivity index (χ0) is 14.7. The predicted octanol–water partition coefficient (Wildman–Crippen LogP) is 0.862. The molecule has 1 aliphatic carbocycles. The zero-order valence-electron chi connectivity index (χ0n) is 12.0. The fourth-order valence-electron chi connectivity index (χ4n) is 1.74. The first-order valence-corrected chi connectivity index (χ1v) is 6.72. The molecular weight excluding hydrogens is 256 g/mol. The van der Waals surface area contributed by atoms with E-state index in [-0.39, 0.29) is 17.9 Å². The van der Waals surface area contributed by atoms with Crippen LogP contribution >= 0.6 is 0 Å². The van der Waals surface area contributed by atoms with Crippen LogP contribution in [0.2, 0.25) is 0 Å². The lowest BCUT2D eigenvalue weighted by Gasteiger charge is -2.16. The van der Waals surface area contributed by atoms with Gasteiger partial charge in [0.2, 0.25) is 5.91 Å². The molecule has 1 aromatic heterocycles. The number of carbonyl (C=O) groups is 2. The normalized spacial score (nSPS) is 15.3. The molecule has 1 saturated carbocycles. The summed E-state index contributed by atoms with van der Waals surface area (Å²) in [7, 11) is 3.35. The van der Waals surface area contributed by atoms with Crippen molar-refractivity contribution in [3.8, 4) is 0 Å². The molecule has 0 spiro atoms. The second-order valence-corrected chi connectivity index (χ2v) is 5.28. The Bertz CT molecular complexity index is 512. The van der Waals surface area contributed by atoms with Gasteiger partial charge in [-0.25, -0.2) is 0 Å². The summed E-state index contributed by atoms with van der Waals surface area (Å²) in [4.78, 5) is 29.2. The maximum absolute atomic E-state index is 11.9. The third-order valence-electron chi connectivity index (χ3n) is 3.09. The van der Waals surface area contributed by atoms with Crippen LogP contribution < -0.4 is 10.6 Å². The molecule has 0 saturated heterocycles. The summed E-state index contributed by atoms with van der Waals surface area (Å²) in [5.74, 6) is -0.187. The van der Waals surface area contributed by atoms with E-state index in [1.807, 2.05) is 0 Å². The average Bonchev–Trinajstić information content (AvgIpc) is 3.21. The third-order valence-corrected chi connectivity index (χ3v) is 3.09. The van der Waals surface area contributed by atoms with Gasteiger partial charge in [0.1, 0.15) is 11.7 Å². The lowest BCUT2D eigenvalue weighted by atomic mass is 10.2. The van der Waals surface area contributed by atoms with Gasteiger partial charge in [-0.2, -0.15) is 0 Å². The van der Waals surface area contributed by atoms with E-state index in [2.05, 4.69) is 15.6 Å². The van der Waals surface area contributed by atoms with Crippen molar-refractivity contribution < 1.29 is 9.59 Å². The van der Waals surface area contributed by atoms with Gasteiger partial charge >= 0.3 is 0 Å². The van der Waals surface area contributed by atoms with Crippen molar-refractivity contribution in [1.29, 1.82) is 0 Å². The molecule has 1 unspecified atom stereocenters. The van der Waals surface area contributed by atoms with Crippen LogP contribution in [0.15, 0.2) is 18.3 Å². The van der Waals surface area contributed by atoms with Crippen LogP contribution in [0, 0.1) is 0 Å². The molecule has 108 valence electrons. The van der Waals surface area contributed by atoms with Gasteiger partial charge in [-0.05, 0) is 31.9 Å². The standard InChI is InChI=1S/C14H20N4O2/c1-9(13(19)17-10-4-5-10)16-11-6-7-15-12(8-11)14(20)18(2)3/h6-10H,4-5H2,1-3H3,(H,15,16)(H,17,19). The van der Waals surface area contributed by atoms with Crippen molar-refractivity contribution >= 4 is 17.5 Å². The molecule has 0 radical (unpaired) electrons. The van der Waals surface area contributed by atoms with Gasteiger partial charge in [-0.15, -0.1) is 0 Å². The average molecular weight is 276 g/mol. The molecule has 1 heterocycles. The highest BCUT2D eigenvalue weighted by molar-refractivity contribution is 5.93. The number of carbonyl (C=O) groups excluding carboxylic acids is 2. The zero-order valence-corrected chi connectivity index (χ0v) is 12.0. The topological polar surface area (TPSA) is 74.3 Å². The first-order chi connectivity index (χ1) is 9.47. The molecule has 6 heteroatoms. The molecule has 2 rings (SSSR count). The van der Waals surface area contributed by atoms with Gasteiger partial charge in [0.05, 0.1) is 0 Å². The summed E-state index contributed by atoms with van der Waals surface area (Å²) >= 11 is 0. The van der Waals surface area contributed by atoms with Crippen LogP contribution in [-0.2, 0) is 4.79 Å². The van der Waals surface area contributed by atoms with E-state index >= 15 is 0 Å². The Balaban J connectivity index is 1.99. The largest absolute Gasteiger partial charge is 0.374 e.